The molecule has 1 aliphatic rings. The standard InChI is InChI=1S/C16H22N4O2S/c1-9-10(2)23-15-14(9)16(22)20(8-19-15)6-5-13(21)18-7-12(17)11-3-4-11/h8,11-12H,3-7,17H2,1-2H3,(H,18,21). The molecule has 0 aliphatic heterocycles. The Morgan fingerprint density at radius 2 is 2.26 bits per heavy atom. The van der Waals surface area contributed by atoms with Crippen molar-refractivity contribution in [1.29, 1.82) is 0 Å². The fourth-order valence-corrected chi connectivity index (χ4v) is 3.65. The van der Waals surface area contributed by atoms with Crippen LogP contribution in [0.25, 0.3) is 10.2 Å². The van der Waals surface area contributed by atoms with Crippen molar-refractivity contribution in [3.63, 3.8) is 0 Å². The normalized spacial score (nSPS) is 15.8. The zero-order valence-electron chi connectivity index (χ0n) is 13.5. The number of nitrogens with zero attached hydrogens (tertiary/aromatic N) is 2. The smallest absolute Gasteiger partial charge is 0.262 e. The first-order valence-electron chi connectivity index (χ1n) is 7.94. The maximum Gasteiger partial charge on any atom is 0.262 e. The average Bonchev–Trinajstić information content (AvgIpc) is 3.32. The van der Waals surface area contributed by atoms with Gasteiger partial charge in [0.25, 0.3) is 5.56 Å². The first-order chi connectivity index (χ1) is 11.0. The maximum absolute atomic E-state index is 12.5. The quantitative estimate of drug-likeness (QED) is 0.833. The van der Waals surface area contributed by atoms with Crippen molar-refractivity contribution in [3.05, 3.63) is 27.1 Å². The predicted octanol–water partition coefficient (Wildman–Crippen LogP) is 1.32. The van der Waals surface area contributed by atoms with Gasteiger partial charge in [0.05, 0.1) is 11.7 Å². The maximum atomic E-state index is 12.5. The van der Waals surface area contributed by atoms with Crippen LogP contribution in [-0.2, 0) is 11.3 Å². The van der Waals surface area contributed by atoms with Crippen LogP contribution in [0.2, 0.25) is 0 Å². The molecular weight excluding hydrogens is 312 g/mol. The zero-order chi connectivity index (χ0) is 16.6. The number of rotatable bonds is 6. The van der Waals surface area contributed by atoms with Gasteiger partial charge in [0.15, 0.2) is 0 Å². The molecule has 3 N–H and O–H groups in total. The Labute approximate surface area is 138 Å². The third-order valence-corrected chi connectivity index (χ3v) is 5.61. The number of nitrogens with one attached hydrogen (secondary N) is 1. The van der Waals surface area contributed by atoms with E-state index in [1.165, 1.54) is 22.2 Å². The van der Waals surface area contributed by atoms with Gasteiger partial charge in [0.2, 0.25) is 5.91 Å². The molecule has 0 radical (unpaired) electrons. The van der Waals surface area contributed by atoms with Gasteiger partial charge in [-0.15, -0.1) is 11.3 Å². The third-order valence-electron chi connectivity index (χ3n) is 4.50. The topological polar surface area (TPSA) is 90.0 Å². The second kappa shape index (κ2) is 6.41. The molecule has 1 amide bonds. The van der Waals surface area contributed by atoms with Gasteiger partial charge in [0.1, 0.15) is 4.83 Å². The lowest BCUT2D eigenvalue weighted by molar-refractivity contribution is -0.121. The summed E-state index contributed by atoms with van der Waals surface area (Å²) in [4.78, 5) is 30.6. The number of aromatic nitrogens is 2. The van der Waals surface area contributed by atoms with E-state index in [-0.39, 0.29) is 23.9 Å². The van der Waals surface area contributed by atoms with Crippen LogP contribution in [0.3, 0.4) is 0 Å². The number of carbonyl (C=O) groups is 1. The van der Waals surface area contributed by atoms with E-state index in [0.717, 1.165) is 28.1 Å². The number of fused-ring (bicyclic) bond motifs is 1. The van der Waals surface area contributed by atoms with Gasteiger partial charge in [-0.3, -0.25) is 14.2 Å². The Hall–Kier alpha value is -1.73. The first-order valence-corrected chi connectivity index (χ1v) is 8.76. The monoisotopic (exact) mass is 334 g/mol. The minimum absolute atomic E-state index is 0.0520. The molecule has 1 unspecified atom stereocenters. The molecule has 1 aliphatic carbocycles. The lowest BCUT2D eigenvalue weighted by Crippen LogP contribution is -2.39. The number of carbonyl (C=O) groups excluding carboxylic acids is 1. The van der Waals surface area contributed by atoms with E-state index in [9.17, 15) is 9.59 Å². The van der Waals surface area contributed by atoms with Gasteiger partial charge in [-0.25, -0.2) is 4.98 Å². The van der Waals surface area contributed by atoms with Gasteiger partial charge in [-0.1, -0.05) is 0 Å². The number of hydrogen-bond donors (Lipinski definition) is 2. The van der Waals surface area contributed by atoms with Crippen LogP contribution in [0.5, 0.6) is 0 Å². The zero-order valence-corrected chi connectivity index (χ0v) is 14.3. The number of nitrogens with two attached hydrogens (primary N) is 1. The van der Waals surface area contributed by atoms with E-state index < -0.39 is 0 Å². The molecule has 1 saturated carbocycles. The Morgan fingerprint density at radius 1 is 1.52 bits per heavy atom. The van der Waals surface area contributed by atoms with Gasteiger partial charge in [0, 0.05) is 30.4 Å². The molecule has 2 aromatic heterocycles. The molecule has 23 heavy (non-hydrogen) atoms. The fourth-order valence-electron chi connectivity index (χ4n) is 2.66. The van der Waals surface area contributed by atoms with Gasteiger partial charge in [-0.2, -0.15) is 0 Å². The molecule has 6 nitrogen and oxygen atoms in total. The van der Waals surface area contributed by atoms with Crippen LogP contribution >= 0.6 is 11.3 Å². The number of hydrogen-bond acceptors (Lipinski definition) is 5. The molecule has 7 heteroatoms. The summed E-state index contributed by atoms with van der Waals surface area (Å²) in [6, 6.07) is 0.0520. The minimum atomic E-state index is -0.0775. The van der Waals surface area contributed by atoms with Gasteiger partial charge in [-0.05, 0) is 38.2 Å². The van der Waals surface area contributed by atoms with E-state index in [4.69, 9.17) is 5.73 Å². The molecule has 0 bridgehead atoms. The molecular formula is C16H22N4O2S. The van der Waals surface area contributed by atoms with Gasteiger partial charge < -0.3 is 11.1 Å². The molecule has 0 spiro atoms. The van der Waals surface area contributed by atoms with Gasteiger partial charge >= 0.3 is 0 Å². The first kappa shape index (κ1) is 16.1. The summed E-state index contributed by atoms with van der Waals surface area (Å²) in [5.41, 5.74) is 6.87. The average molecular weight is 334 g/mol. The third kappa shape index (κ3) is 3.45. The van der Waals surface area contributed by atoms with Crippen molar-refractivity contribution in [1.82, 2.24) is 14.9 Å². The van der Waals surface area contributed by atoms with Crippen LogP contribution in [0, 0.1) is 19.8 Å². The highest BCUT2D eigenvalue weighted by atomic mass is 32.1. The van der Waals surface area contributed by atoms with E-state index >= 15 is 0 Å². The van der Waals surface area contributed by atoms with Crippen LogP contribution < -0.4 is 16.6 Å². The fraction of sp³-hybridized carbons (Fsp3) is 0.562. The summed E-state index contributed by atoms with van der Waals surface area (Å²) in [5.74, 6) is 0.487. The van der Waals surface area contributed by atoms with Crippen molar-refractivity contribution in [2.45, 2.75) is 45.7 Å². The van der Waals surface area contributed by atoms with E-state index in [1.807, 2.05) is 13.8 Å². The summed E-state index contributed by atoms with van der Waals surface area (Å²) >= 11 is 1.53. The number of thiophene rings is 1. The van der Waals surface area contributed by atoms with Crippen molar-refractivity contribution in [2.24, 2.45) is 11.7 Å². The summed E-state index contributed by atoms with van der Waals surface area (Å²) in [5, 5.41) is 3.52. The molecule has 2 heterocycles. The number of aryl methyl sites for hydroxylation is 3. The van der Waals surface area contributed by atoms with Crippen molar-refractivity contribution < 1.29 is 4.79 Å². The summed E-state index contributed by atoms with van der Waals surface area (Å²) < 4.78 is 1.52. The summed E-state index contributed by atoms with van der Waals surface area (Å²) in [6.45, 7) is 4.77. The summed E-state index contributed by atoms with van der Waals surface area (Å²) in [7, 11) is 0. The molecule has 0 saturated heterocycles. The van der Waals surface area contributed by atoms with Crippen LogP contribution in [0.15, 0.2) is 11.1 Å². The second-order valence-corrected chi connectivity index (χ2v) is 7.47. The lowest BCUT2D eigenvalue weighted by atomic mass is 10.2. The molecule has 124 valence electrons. The molecule has 2 aromatic rings. The lowest BCUT2D eigenvalue weighted by Gasteiger charge is -2.12. The Kier molecular flexibility index (Phi) is 4.50. The van der Waals surface area contributed by atoms with E-state index in [0.29, 0.717) is 24.4 Å². The highest BCUT2D eigenvalue weighted by Gasteiger charge is 2.28. The van der Waals surface area contributed by atoms with Crippen molar-refractivity contribution >= 4 is 27.5 Å². The second-order valence-electron chi connectivity index (χ2n) is 6.26. The van der Waals surface area contributed by atoms with E-state index in [1.54, 1.807) is 0 Å². The Balaban J connectivity index is 1.62. The van der Waals surface area contributed by atoms with Crippen LogP contribution in [0.4, 0.5) is 0 Å². The predicted molar refractivity (Wildman–Crippen MR) is 91.7 cm³/mol. The molecule has 1 atom stereocenters. The highest BCUT2D eigenvalue weighted by molar-refractivity contribution is 7.18. The van der Waals surface area contributed by atoms with Crippen LogP contribution in [-0.4, -0.2) is 28.0 Å². The minimum Gasteiger partial charge on any atom is -0.354 e. The Morgan fingerprint density at radius 3 is 2.96 bits per heavy atom. The molecule has 1 fully saturated rings. The molecule has 0 aromatic carbocycles. The van der Waals surface area contributed by atoms with Crippen molar-refractivity contribution in [3.8, 4) is 0 Å². The number of amides is 1. The van der Waals surface area contributed by atoms with E-state index in [2.05, 4.69) is 10.3 Å². The molecule has 3 rings (SSSR count). The van der Waals surface area contributed by atoms with Crippen LogP contribution in [0.1, 0.15) is 29.7 Å². The van der Waals surface area contributed by atoms with Crippen molar-refractivity contribution in [2.75, 3.05) is 6.54 Å². The SMILES string of the molecule is Cc1sc2ncn(CCC(=O)NCC(N)C3CC3)c(=O)c2c1C. The largest absolute Gasteiger partial charge is 0.354 e. The summed E-state index contributed by atoms with van der Waals surface area (Å²) in [6.07, 6.45) is 4.12. The Bertz CT molecular complexity index is 791. The highest BCUT2D eigenvalue weighted by Crippen LogP contribution is 2.31.